The van der Waals surface area contributed by atoms with Gasteiger partial charge in [-0.25, -0.2) is 0 Å². The number of methoxy groups -OCH3 is 1. The van der Waals surface area contributed by atoms with E-state index >= 15 is 0 Å². The summed E-state index contributed by atoms with van der Waals surface area (Å²) in [6.45, 7) is 5.46. The molecule has 1 heterocycles. The topological polar surface area (TPSA) is 67.9 Å². The molecule has 0 radical (unpaired) electrons. The normalized spacial score (nSPS) is 13.8. The number of halogens is 1. The molecule has 0 aliphatic carbocycles. The van der Waals surface area contributed by atoms with Crippen LogP contribution in [0.25, 0.3) is 5.57 Å². The maximum atomic E-state index is 13.3. The molecule has 2 amide bonds. The van der Waals surface area contributed by atoms with E-state index < -0.39 is 0 Å². The number of anilines is 1. The second kappa shape index (κ2) is 11.2. The van der Waals surface area contributed by atoms with E-state index in [9.17, 15) is 9.59 Å². The highest BCUT2D eigenvalue weighted by Crippen LogP contribution is 2.33. The second-order valence-corrected chi connectivity index (χ2v) is 8.00. The van der Waals surface area contributed by atoms with E-state index in [0.717, 1.165) is 18.4 Å². The molecule has 6 nitrogen and oxygen atoms in total. The van der Waals surface area contributed by atoms with Gasteiger partial charge in [0.05, 0.1) is 12.7 Å². The Balaban J connectivity index is 1.87. The zero-order chi connectivity index (χ0) is 23.1. The van der Waals surface area contributed by atoms with Crippen LogP contribution < -0.4 is 10.1 Å². The number of carbonyl (C=O) groups excluding carboxylic acids is 2. The number of nitrogens with one attached hydrogen (secondary N) is 1. The van der Waals surface area contributed by atoms with Gasteiger partial charge in [0.25, 0.3) is 11.8 Å². The van der Waals surface area contributed by atoms with Crippen molar-refractivity contribution in [2.75, 3.05) is 32.2 Å². The van der Waals surface area contributed by atoms with E-state index in [4.69, 9.17) is 21.1 Å². The average molecular weight is 457 g/mol. The Hall–Kier alpha value is -2.83. The predicted octanol–water partition coefficient (Wildman–Crippen LogP) is 5.06. The van der Waals surface area contributed by atoms with Gasteiger partial charge in [-0.2, -0.15) is 0 Å². The zero-order valence-corrected chi connectivity index (χ0v) is 19.5. The van der Waals surface area contributed by atoms with Gasteiger partial charge in [-0.05, 0) is 55.2 Å². The molecule has 3 rings (SSSR count). The van der Waals surface area contributed by atoms with E-state index in [1.807, 2.05) is 13.0 Å². The molecule has 32 heavy (non-hydrogen) atoms. The summed E-state index contributed by atoms with van der Waals surface area (Å²) in [4.78, 5) is 27.9. The molecule has 0 saturated heterocycles. The summed E-state index contributed by atoms with van der Waals surface area (Å²) < 4.78 is 10.8. The Morgan fingerprint density at radius 1 is 1.00 bits per heavy atom. The highest BCUT2D eigenvalue weighted by atomic mass is 35.5. The molecule has 2 aromatic rings. The number of unbranched alkanes of at least 4 members (excludes halogenated alkanes) is 1. The lowest BCUT2D eigenvalue weighted by molar-refractivity contribution is -0.137. The fourth-order valence-corrected chi connectivity index (χ4v) is 3.65. The van der Waals surface area contributed by atoms with E-state index in [1.54, 1.807) is 43.5 Å². The fourth-order valence-electron chi connectivity index (χ4n) is 3.47. The fraction of sp³-hybridized carbons (Fsp3) is 0.360. The first-order valence-electron chi connectivity index (χ1n) is 10.8. The van der Waals surface area contributed by atoms with Gasteiger partial charge in [0.2, 0.25) is 0 Å². The van der Waals surface area contributed by atoms with Crippen LogP contribution in [0.5, 0.6) is 5.75 Å². The predicted molar refractivity (Wildman–Crippen MR) is 127 cm³/mol. The lowest BCUT2D eigenvalue weighted by Crippen LogP contribution is -2.34. The number of hydrogen-bond donors (Lipinski definition) is 1. The number of ether oxygens (including phenoxy) is 2. The van der Waals surface area contributed by atoms with Crippen molar-refractivity contribution in [2.45, 2.75) is 33.1 Å². The van der Waals surface area contributed by atoms with Gasteiger partial charge in [0.15, 0.2) is 0 Å². The third-order valence-electron chi connectivity index (χ3n) is 5.39. The SMILES string of the molecule is CCCCOCCCN1C(=O)C(Nc2cccc(Cl)c2C)=C(c2ccc(OC)cc2)C1=O. The van der Waals surface area contributed by atoms with Crippen LogP contribution in [0.2, 0.25) is 5.02 Å². The van der Waals surface area contributed by atoms with Crippen molar-refractivity contribution in [1.29, 1.82) is 0 Å². The minimum Gasteiger partial charge on any atom is -0.497 e. The molecule has 0 bridgehead atoms. The Morgan fingerprint density at radius 2 is 1.72 bits per heavy atom. The lowest BCUT2D eigenvalue weighted by atomic mass is 10.0. The van der Waals surface area contributed by atoms with Crippen molar-refractivity contribution in [3.63, 3.8) is 0 Å². The number of imide groups is 1. The Labute approximate surface area is 194 Å². The van der Waals surface area contributed by atoms with E-state index in [-0.39, 0.29) is 17.5 Å². The molecule has 0 unspecified atom stereocenters. The van der Waals surface area contributed by atoms with Gasteiger partial charge in [-0.1, -0.05) is 43.1 Å². The van der Waals surface area contributed by atoms with Gasteiger partial charge in [0.1, 0.15) is 11.4 Å². The summed E-state index contributed by atoms with van der Waals surface area (Å²) >= 11 is 6.25. The molecule has 0 atom stereocenters. The third kappa shape index (κ3) is 5.31. The average Bonchev–Trinajstić information content (AvgIpc) is 3.03. The molecule has 0 saturated carbocycles. The van der Waals surface area contributed by atoms with Crippen LogP contribution in [0.3, 0.4) is 0 Å². The molecular formula is C25H29ClN2O4. The van der Waals surface area contributed by atoms with Crippen LogP contribution in [0, 0.1) is 6.92 Å². The number of rotatable bonds is 11. The summed E-state index contributed by atoms with van der Waals surface area (Å²) in [5.41, 5.74) is 2.72. The van der Waals surface area contributed by atoms with Crippen LogP contribution >= 0.6 is 11.6 Å². The number of nitrogens with zero attached hydrogens (tertiary/aromatic N) is 1. The highest BCUT2D eigenvalue weighted by molar-refractivity contribution is 6.36. The molecular weight excluding hydrogens is 428 g/mol. The first-order valence-corrected chi connectivity index (χ1v) is 11.2. The summed E-state index contributed by atoms with van der Waals surface area (Å²) in [5, 5.41) is 3.76. The van der Waals surface area contributed by atoms with Gasteiger partial charge in [-0.3, -0.25) is 14.5 Å². The minimum atomic E-state index is -0.353. The largest absolute Gasteiger partial charge is 0.497 e. The van der Waals surface area contributed by atoms with Crippen molar-refractivity contribution in [3.8, 4) is 5.75 Å². The van der Waals surface area contributed by atoms with Crippen molar-refractivity contribution >= 4 is 34.7 Å². The summed E-state index contributed by atoms with van der Waals surface area (Å²) in [6.07, 6.45) is 2.65. The first kappa shape index (κ1) is 23.8. The molecule has 7 heteroatoms. The highest BCUT2D eigenvalue weighted by Gasteiger charge is 2.39. The number of carbonyl (C=O) groups is 2. The molecule has 1 N–H and O–H groups in total. The third-order valence-corrected chi connectivity index (χ3v) is 5.80. The van der Waals surface area contributed by atoms with Gasteiger partial charge < -0.3 is 14.8 Å². The van der Waals surface area contributed by atoms with Crippen molar-refractivity contribution in [2.24, 2.45) is 0 Å². The van der Waals surface area contributed by atoms with Crippen LogP contribution in [-0.4, -0.2) is 43.6 Å². The summed E-state index contributed by atoms with van der Waals surface area (Å²) in [5.74, 6) is -0.00272. The maximum Gasteiger partial charge on any atom is 0.278 e. The lowest BCUT2D eigenvalue weighted by Gasteiger charge is -2.16. The molecule has 0 fully saturated rings. The van der Waals surface area contributed by atoms with E-state index in [1.165, 1.54) is 4.90 Å². The van der Waals surface area contributed by atoms with Crippen LogP contribution in [0.1, 0.15) is 37.3 Å². The number of benzene rings is 2. The van der Waals surface area contributed by atoms with Gasteiger partial charge in [-0.15, -0.1) is 0 Å². The second-order valence-electron chi connectivity index (χ2n) is 7.60. The maximum absolute atomic E-state index is 13.3. The van der Waals surface area contributed by atoms with Crippen LogP contribution in [0.4, 0.5) is 5.69 Å². The molecule has 2 aromatic carbocycles. The molecule has 1 aliphatic heterocycles. The van der Waals surface area contributed by atoms with E-state index in [0.29, 0.717) is 53.8 Å². The molecule has 0 aromatic heterocycles. The molecule has 170 valence electrons. The van der Waals surface area contributed by atoms with Crippen LogP contribution in [-0.2, 0) is 14.3 Å². The molecule has 1 aliphatic rings. The summed E-state index contributed by atoms with van der Waals surface area (Å²) in [7, 11) is 1.58. The Bertz CT molecular complexity index is 1000. The van der Waals surface area contributed by atoms with Gasteiger partial charge in [0, 0.05) is 30.5 Å². The number of amides is 2. The van der Waals surface area contributed by atoms with Crippen molar-refractivity contribution < 1.29 is 19.1 Å². The van der Waals surface area contributed by atoms with Gasteiger partial charge >= 0.3 is 0 Å². The number of hydrogen-bond acceptors (Lipinski definition) is 5. The van der Waals surface area contributed by atoms with Crippen LogP contribution in [0.15, 0.2) is 48.2 Å². The standard InChI is InChI=1S/C25H29ClN2O4/c1-4-5-15-32-16-7-14-28-24(29)22(18-10-12-19(31-3)13-11-18)23(25(28)30)27-21-9-6-8-20(26)17(21)2/h6,8-13,27H,4-5,7,14-16H2,1-3H3. The van der Waals surface area contributed by atoms with Crippen molar-refractivity contribution in [3.05, 3.63) is 64.3 Å². The summed E-state index contributed by atoms with van der Waals surface area (Å²) in [6, 6.07) is 12.5. The first-order chi connectivity index (χ1) is 15.5. The smallest absolute Gasteiger partial charge is 0.278 e. The zero-order valence-electron chi connectivity index (χ0n) is 18.7. The Kier molecular flexibility index (Phi) is 8.31. The monoisotopic (exact) mass is 456 g/mol. The minimum absolute atomic E-state index is 0.248. The van der Waals surface area contributed by atoms with Crippen molar-refractivity contribution in [1.82, 2.24) is 4.90 Å². The quantitative estimate of drug-likeness (QED) is 0.378. The Morgan fingerprint density at radius 3 is 2.41 bits per heavy atom. The molecule has 0 spiro atoms. The van der Waals surface area contributed by atoms with E-state index in [2.05, 4.69) is 12.2 Å².